The van der Waals surface area contributed by atoms with Gasteiger partial charge in [0.15, 0.2) is 0 Å². The number of nitro groups is 2. The topological polar surface area (TPSA) is 185 Å². The van der Waals surface area contributed by atoms with Crippen LogP contribution in [-0.2, 0) is 9.09 Å². The first kappa shape index (κ1) is 26.4. The Bertz CT molecular complexity index is 830. The average molecular weight is 578 g/mol. The number of carbonyl (C=O) groups excluding carboxylic acids is 1. The third-order valence-corrected chi connectivity index (χ3v) is 4.85. The number of halogens is 2. The number of hydrogen-bond acceptors (Lipinski definition) is 8. The molecule has 0 saturated carbocycles. The summed E-state index contributed by atoms with van der Waals surface area (Å²) in [5, 5.41) is 26.1. The summed E-state index contributed by atoms with van der Waals surface area (Å²) < 4.78 is 14.9. The standard InChI is InChI=1S/C14H19Br2N4O9P/c15-2-5-18(6-3-16)13-11(8-10(19(22)23)9-12(13)20(24)25)14(21)17-4-1-7-29-30(26,27)28/h8-9H,1-7H2,(H,17,21)(H2,26,27,28). The molecule has 1 amide bonds. The van der Waals surface area contributed by atoms with E-state index in [1.165, 1.54) is 0 Å². The highest BCUT2D eigenvalue weighted by atomic mass is 79.9. The summed E-state index contributed by atoms with van der Waals surface area (Å²) in [6.07, 6.45) is 0.0374. The minimum atomic E-state index is -4.64. The Morgan fingerprint density at radius 3 is 2.23 bits per heavy atom. The van der Waals surface area contributed by atoms with Crippen LogP contribution in [0.4, 0.5) is 17.1 Å². The zero-order chi connectivity index (χ0) is 22.9. The average Bonchev–Trinajstić information content (AvgIpc) is 2.65. The second-order valence-electron chi connectivity index (χ2n) is 5.67. The van der Waals surface area contributed by atoms with Gasteiger partial charge in [0.25, 0.3) is 17.3 Å². The number of phosphoric ester groups is 1. The van der Waals surface area contributed by atoms with Crippen LogP contribution in [0.5, 0.6) is 0 Å². The van der Waals surface area contributed by atoms with E-state index >= 15 is 0 Å². The fraction of sp³-hybridized carbons (Fsp3) is 0.500. The number of nitrogens with one attached hydrogen (secondary N) is 1. The largest absolute Gasteiger partial charge is 0.469 e. The lowest BCUT2D eigenvalue weighted by molar-refractivity contribution is -0.393. The summed E-state index contributed by atoms with van der Waals surface area (Å²) in [5.74, 6) is -0.804. The number of phosphoric acid groups is 1. The molecule has 3 N–H and O–H groups in total. The van der Waals surface area contributed by atoms with Crippen LogP contribution in [0.3, 0.4) is 0 Å². The zero-order valence-corrected chi connectivity index (χ0v) is 19.5. The molecule has 13 nitrogen and oxygen atoms in total. The van der Waals surface area contributed by atoms with Gasteiger partial charge in [-0.25, -0.2) is 4.57 Å². The van der Waals surface area contributed by atoms with Crippen LogP contribution < -0.4 is 10.2 Å². The molecule has 0 aromatic heterocycles. The first-order valence-electron chi connectivity index (χ1n) is 8.33. The number of benzene rings is 1. The van der Waals surface area contributed by atoms with Gasteiger partial charge in [-0.3, -0.25) is 29.5 Å². The van der Waals surface area contributed by atoms with Crippen molar-refractivity contribution in [3.8, 4) is 0 Å². The van der Waals surface area contributed by atoms with E-state index in [-0.39, 0.29) is 30.8 Å². The Morgan fingerprint density at radius 1 is 1.17 bits per heavy atom. The van der Waals surface area contributed by atoms with E-state index in [2.05, 4.69) is 41.7 Å². The normalized spacial score (nSPS) is 11.2. The van der Waals surface area contributed by atoms with Crippen LogP contribution in [0.1, 0.15) is 16.8 Å². The van der Waals surface area contributed by atoms with Gasteiger partial charge in [-0.1, -0.05) is 31.9 Å². The molecular weight excluding hydrogens is 559 g/mol. The van der Waals surface area contributed by atoms with Crippen molar-refractivity contribution in [3.05, 3.63) is 37.9 Å². The molecule has 1 rings (SSSR count). The highest BCUT2D eigenvalue weighted by Crippen LogP contribution is 2.37. The lowest BCUT2D eigenvalue weighted by atomic mass is 10.1. The minimum Gasteiger partial charge on any atom is -0.364 e. The SMILES string of the molecule is O=C(NCCCOP(=O)(O)O)c1cc([N+](=O)[O-])cc([N+](=O)[O-])c1N(CCBr)CCBr. The van der Waals surface area contributed by atoms with Crippen molar-refractivity contribution in [2.24, 2.45) is 0 Å². The van der Waals surface area contributed by atoms with Gasteiger partial charge >= 0.3 is 7.82 Å². The van der Waals surface area contributed by atoms with Gasteiger partial charge in [0.05, 0.1) is 28.1 Å². The molecule has 16 heteroatoms. The number of amides is 1. The fourth-order valence-corrected chi connectivity index (χ4v) is 3.67. The van der Waals surface area contributed by atoms with Crippen LogP contribution in [-0.4, -0.2) is 62.4 Å². The number of nitrogens with zero attached hydrogens (tertiary/aromatic N) is 3. The third kappa shape index (κ3) is 8.24. The lowest BCUT2D eigenvalue weighted by Gasteiger charge is -2.25. The van der Waals surface area contributed by atoms with Crippen molar-refractivity contribution < 1.29 is 33.5 Å². The number of carbonyl (C=O) groups is 1. The minimum absolute atomic E-state index is 0.0374. The van der Waals surface area contributed by atoms with Gasteiger partial charge in [-0.05, 0) is 6.42 Å². The van der Waals surface area contributed by atoms with Crippen molar-refractivity contribution >= 4 is 62.7 Å². The van der Waals surface area contributed by atoms with E-state index in [0.29, 0.717) is 23.7 Å². The molecule has 168 valence electrons. The molecule has 0 spiro atoms. The highest BCUT2D eigenvalue weighted by Gasteiger charge is 2.30. The van der Waals surface area contributed by atoms with Gasteiger partial charge in [-0.15, -0.1) is 0 Å². The number of rotatable bonds is 13. The number of nitro benzene ring substituents is 2. The van der Waals surface area contributed by atoms with Gasteiger partial charge in [0.2, 0.25) is 0 Å². The van der Waals surface area contributed by atoms with E-state index in [1.807, 2.05) is 0 Å². The molecule has 30 heavy (non-hydrogen) atoms. The maximum atomic E-state index is 12.7. The van der Waals surface area contributed by atoms with E-state index in [4.69, 9.17) is 9.79 Å². The summed E-state index contributed by atoms with van der Waals surface area (Å²) in [4.78, 5) is 52.7. The molecule has 0 saturated heterocycles. The Morgan fingerprint density at radius 2 is 1.77 bits per heavy atom. The van der Waals surface area contributed by atoms with E-state index in [1.54, 1.807) is 4.90 Å². The zero-order valence-electron chi connectivity index (χ0n) is 15.4. The number of anilines is 1. The maximum Gasteiger partial charge on any atom is 0.469 e. The summed E-state index contributed by atoms with van der Waals surface area (Å²) in [6.45, 7) is 0.165. The van der Waals surface area contributed by atoms with Crippen LogP contribution in [0.25, 0.3) is 0 Å². The second kappa shape index (κ2) is 12.3. The molecule has 1 aromatic carbocycles. The number of hydrogen-bond donors (Lipinski definition) is 3. The fourth-order valence-electron chi connectivity index (χ4n) is 2.45. The second-order valence-corrected chi connectivity index (χ2v) is 8.50. The molecule has 0 aliphatic heterocycles. The summed E-state index contributed by atoms with van der Waals surface area (Å²) in [5.41, 5.74) is -1.51. The van der Waals surface area contributed by atoms with Crippen LogP contribution in [0.15, 0.2) is 12.1 Å². The molecular formula is C14H19Br2N4O9P. The van der Waals surface area contributed by atoms with Crippen molar-refractivity contribution in [1.82, 2.24) is 5.32 Å². The number of alkyl halides is 2. The number of non-ortho nitro benzene ring substituents is 1. The first-order chi connectivity index (χ1) is 14.0. The molecule has 0 bridgehead atoms. The van der Waals surface area contributed by atoms with Gasteiger partial charge < -0.3 is 20.0 Å². The van der Waals surface area contributed by atoms with Gasteiger partial charge in [-0.2, -0.15) is 0 Å². The van der Waals surface area contributed by atoms with Crippen LogP contribution >= 0.6 is 39.7 Å². The molecule has 0 heterocycles. The predicted octanol–water partition coefficient (Wildman–Crippen LogP) is 2.33. The molecule has 0 aliphatic carbocycles. The smallest absolute Gasteiger partial charge is 0.364 e. The van der Waals surface area contributed by atoms with E-state index in [0.717, 1.165) is 12.1 Å². The summed E-state index contributed by atoms with van der Waals surface area (Å²) in [7, 11) is -4.64. The van der Waals surface area contributed by atoms with Crippen molar-refractivity contribution in [2.75, 3.05) is 41.8 Å². The van der Waals surface area contributed by atoms with E-state index in [9.17, 15) is 29.6 Å². The molecule has 0 aliphatic rings. The van der Waals surface area contributed by atoms with Crippen molar-refractivity contribution in [1.29, 1.82) is 0 Å². The Hall–Kier alpha value is -1.64. The summed E-state index contributed by atoms with van der Waals surface area (Å²) >= 11 is 6.48. The van der Waals surface area contributed by atoms with Crippen molar-refractivity contribution in [2.45, 2.75) is 6.42 Å². The third-order valence-electron chi connectivity index (χ3n) is 3.62. The molecule has 0 atom stereocenters. The Kier molecular flexibility index (Phi) is 10.8. The van der Waals surface area contributed by atoms with E-state index < -0.39 is 35.0 Å². The lowest BCUT2D eigenvalue weighted by Crippen LogP contribution is -2.33. The molecule has 1 aromatic rings. The quantitative estimate of drug-likeness (QED) is 0.103. The molecule has 0 unspecified atom stereocenters. The Labute approximate surface area is 187 Å². The summed E-state index contributed by atoms with van der Waals surface area (Å²) in [6, 6.07) is 1.76. The highest BCUT2D eigenvalue weighted by molar-refractivity contribution is 9.09. The first-order valence-corrected chi connectivity index (χ1v) is 12.1. The Balaban J connectivity index is 3.27. The maximum absolute atomic E-state index is 12.7. The monoisotopic (exact) mass is 576 g/mol. The molecule has 0 radical (unpaired) electrons. The van der Waals surface area contributed by atoms with Crippen LogP contribution in [0, 0.1) is 20.2 Å². The van der Waals surface area contributed by atoms with Crippen molar-refractivity contribution in [3.63, 3.8) is 0 Å². The van der Waals surface area contributed by atoms with Gasteiger partial charge in [0.1, 0.15) is 5.69 Å². The molecule has 0 fully saturated rings. The van der Waals surface area contributed by atoms with Gasteiger partial charge in [0, 0.05) is 36.4 Å². The van der Waals surface area contributed by atoms with Crippen LogP contribution in [0.2, 0.25) is 0 Å². The predicted molar refractivity (Wildman–Crippen MR) is 114 cm³/mol.